The molecule has 2 aliphatic rings. The first-order valence-electron chi connectivity index (χ1n) is 15.0. The van der Waals surface area contributed by atoms with E-state index in [1.54, 1.807) is 4.68 Å². The number of aromatic carboxylic acids is 1. The van der Waals surface area contributed by atoms with Gasteiger partial charge in [0.25, 0.3) is 0 Å². The highest BCUT2D eigenvalue weighted by atomic mass is 16.5. The van der Waals surface area contributed by atoms with Crippen LogP contribution in [0, 0.1) is 13.8 Å². The lowest BCUT2D eigenvalue weighted by atomic mass is 9.94. The number of rotatable bonds is 9. The summed E-state index contributed by atoms with van der Waals surface area (Å²) in [4.78, 5) is 14.4. The third-order valence-corrected chi connectivity index (χ3v) is 8.83. The molecule has 0 spiro atoms. The number of aryl methyl sites for hydroxylation is 2. The standard InChI is InChI=1S/C35H39N3O5/c1-5-27-28(9-7-11-32(27)38-34(41-4)30(18-36-38)35(39)40)29-10-6-8-22(2)33(29)43-21-24-16-23(3)31-20-37(19-25(31)17-24)26-12-14-42-15-13-26/h6-11,16-18,26H,5,12-15,19-21H2,1-4H3,(H,39,40). The van der Waals surface area contributed by atoms with Gasteiger partial charge in [0.1, 0.15) is 17.9 Å². The number of benzene rings is 3. The second-order valence-electron chi connectivity index (χ2n) is 11.5. The van der Waals surface area contributed by atoms with Crippen molar-refractivity contribution in [3.05, 3.63) is 93.7 Å². The number of carboxylic acid groups (broad SMARTS) is 1. The van der Waals surface area contributed by atoms with Crippen molar-refractivity contribution in [3.8, 4) is 28.4 Å². The Balaban J connectivity index is 1.30. The molecule has 1 aromatic heterocycles. The van der Waals surface area contributed by atoms with E-state index in [0.717, 1.165) is 72.8 Å². The third-order valence-electron chi connectivity index (χ3n) is 8.83. The van der Waals surface area contributed by atoms with E-state index < -0.39 is 5.97 Å². The van der Waals surface area contributed by atoms with E-state index in [4.69, 9.17) is 14.2 Å². The summed E-state index contributed by atoms with van der Waals surface area (Å²) in [6.45, 7) is 10.6. The zero-order valence-corrected chi connectivity index (χ0v) is 25.4. The summed E-state index contributed by atoms with van der Waals surface area (Å²) in [5.74, 6) is -0.0396. The molecule has 6 rings (SSSR count). The molecule has 8 heteroatoms. The van der Waals surface area contributed by atoms with E-state index in [1.165, 1.54) is 35.6 Å². The Kier molecular flexibility index (Phi) is 8.23. The monoisotopic (exact) mass is 581 g/mol. The molecule has 0 saturated carbocycles. The molecule has 3 aromatic carbocycles. The molecule has 0 bridgehead atoms. The zero-order valence-electron chi connectivity index (χ0n) is 25.4. The van der Waals surface area contributed by atoms with Crippen LogP contribution in [0.15, 0.2) is 54.7 Å². The lowest BCUT2D eigenvalue weighted by Gasteiger charge is -2.30. The molecule has 0 aliphatic carbocycles. The first-order valence-corrected chi connectivity index (χ1v) is 15.0. The van der Waals surface area contributed by atoms with Crippen LogP contribution in [-0.4, -0.2) is 52.1 Å². The van der Waals surface area contributed by atoms with Crippen LogP contribution in [-0.2, 0) is 30.9 Å². The van der Waals surface area contributed by atoms with Gasteiger partial charge >= 0.3 is 5.97 Å². The van der Waals surface area contributed by atoms with Gasteiger partial charge in [-0.15, -0.1) is 0 Å². The molecule has 43 heavy (non-hydrogen) atoms. The minimum Gasteiger partial charge on any atom is -0.488 e. The molecule has 2 aliphatic heterocycles. The molecule has 1 saturated heterocycles. The summed E-state index contributed by atoms with van der Waals surface area (Å²) in [6, 6.07) is 17.4. The minimum atomic E-state index is -1.08. The first kappa shape index (κ1) is 29.0. The summed E-state index contributed by atoms with van der Waals surface area (Å²) >= 11 is 0. The lowest BCUT2D eigenvalue weighted by molar-refractivity contribution is 0.0325. The van der Waals surface area contributed by atoms with Crippen LogP contribution < -0.4 is 9.47 Å². The molecule has 0 atom stereocenters. The highest BCUT2D eigenvalue weighted by Gasteiger charge is 2.29. The Bertz CT molecular complexity index is 1650. The Morgan fingerprint density at radius 2 is 1.81 bits per heavy atom. The van der Waals surface area contributed by atoms with Gasteiger partial charge in [0.2, 0.25) is 5.88 Å². The smallest absolute Gasteiger partial charge is 0.342 e. The molecule has 8 nitrogen and oxygen atoms in total. The van der Waals surface area contributed by atoms with Gasteiger partial charge in [-0.1, -0.05) is 49.4 Å². The second kappa shape index (κ2) is 12.2. The van der Waals surface area contributed by atoms with Crippen molar-refractivity contribution in [2.75, 3.05) is 20.3 Å². The normalized spacial score (nSPS) is 15.4. The van der Waals surface area contributed by atoms with E-state index in [0.29, 0.717) is 19.1 Å². The fourth-order valence-corrected chi connectivity index (χ4v) is 6.67. The Morgan fingerprint density at radius 3 is 2.56 bits per heavy atom. The Hall–Kier alpha value is -4.14. The Morgan fingerprint density at radius 1 is 1.05 bits per heavy atom. The molecule has 0 radical (unpaired) electrons. The summed E-state index contributed by atoms with van der Waals surface area (Å²) < 4.78 is 19.3. The quantitative estimate of drug-likeness (QED) is 0.242. The number of hydrogen-bond acceptors (Lipinski definition) is 6. The first-order chi connectivity index (χ1) is 20.9. The average Bonchev–Trinajstić information content (AvgIpc) is 3.65. The van der Waals surface area contributed by atoms with E-state index in [2.05, 4.69) is 61.1 Å². The van der Waals surface area contributed by atoms with Crippen LogP contribution in [0.25, 0.3) is 16.8 Å². The van der Waals surface area contributed by atoms with Gasteiger partial charge in [-0.3, -0.25) is 4.90 Å². The van der Waals surface area contributed by atoms with Gasteiger partial charge in [-0.2, -0.15) is 5.10 Å². The number of ether oxygens (including phenoxy) is 3. The molecule has 4 aromatic rings. The second-order valence-corrected chi connectivity index (χ2v) is 11.5. The van der Waals surface area contributed by atoms with Crippen LogP contribution in [0.2, 0.25) is 0 Å². The molecule has 0 unspecified atom stereocenters. The molecular weight excluding hydrogens is 542 g/mol. The number of methoxy groups -OCH3 is 1. The van der Waals surface area contributed by atoms with Crippen molar-refractivity contribution in [1.29, 1.82) is 0 Å². The maximum absolute atomic E-state index is 11.8. The van der Waals surface area contributed by atoms with E-state index in [1.807, 2.05) is 18.2 Å². The number of aromatic nitrogens is 2. The summed E-state index contributed by atoms with van der Waals surface area (Å²) in [5.41, 5.74) is 10.3. The van der Waals surface area contributed by atoms with Crippen LogP contribution in [0.3, 0.4) is 0 Å². The summed E-state index contributed by atoms with van der Waals surface area (Å²) in [5, 5.41) is 14.0. The van der Waals surface area contributed by atoms with Crippen LogP contribution in [0.1, 0.15) is 63.5 Å². The minimum absolute atomic E-state index is 0.0232. The average molecular weight is 582 g/mol. The van der Waals surface area contributed by atoms with E-state index in [9.17, 15) is 9.90 Å². The molecule has 224 valence electrons. The SMILES string of the molecule is CCc1c(-c2cccc(C)c2OCc2cc(C)c3c(c2)CN(C2CCOCC2)C3)cccc1-n1ncc(C(=O)O)c1OC. The predicted molar refractivity (Wildman–Crippen MR) is 165 cm³/mol. The summed E-state index contributed by atoms with van der Waals surface area (Å²) in [7, 11) is 1.46. The highest BCUT2D eigenvalue weighted by molar-refractivity contribution is 5.90. The van der Waals surface area contributed by atoms with Crippen molar-refractivity contribution in [2.45, 2.75) is 65.8 Å². The van der Waals surface area contributed by atoms with Crippen molar-refractivity contribution < 1.29 is 24.1 Å². The lowest BCUT2D eigenvalue weighted by Crippen LogP contribution is -2.35. The van der Waals surface area contributed by atoms with Gasteiger partial charge < -0.3 is 19.3 Å². The van der Waals surface area contributed by atoms with Crippen LogP contribution in [0.5, 0.6) is 11.6 Å². The fourth-order valence-electron chi connectivity index (χ4n) is 6.67. The van der Waals surface area contributed by atoms with E-state index >= 15 is 0 Å². The van der Waals surface area contributed by atoms with Gasteiger partial charge in [0, 0.05) is 37.9 Å². The highest BCUT2D eigenvalue weighted by Crippen LogP contribution is 2.39. The van der Waals surface area contributed by atoms with Gasteiger partial charge in [-0.25, -0.2) is 9.48 Å². The van der Waals surface area contributed by atoms with Crippen LogP contribution in [0.4, 0.5) is 0 Å². The van der Waals surface area contributed by atoms with Crippen molar-refractivity contribution in [3.63, 3.8) is 0 Å². The Labute approximate surface area is 252 Å². The van der Waals surface area contributed by atoms with Crippen molar-refractivity contribution in [1.82, 2.24) is 14.7 Å². The predicted octanol–water partition coefficient (Wildman–Crippen LogP) is 6.50. The van der Waals surface area contributed by atoms with Crippen LogP contribution >= 0.6 is 0 Å². The number of hydrogen-bond donors (Lipinski definition) is 1. The zero-order chi connectivity index (χ0) is 30.1. The molecular formula is C35H39N3O5. The molecule has 1 N–H and O–H groups in total. The molecule has 1 fully saturated rings. The number of carbonyl (C=O) groups is 1. The number of carboxylic acids is 1. The summed E-state index contributed by atoms with van der Waals surface area (Å²) in [6.07, 6.45) is 4.25. The van der Waals surface area contributed by atoms with E-state index in [-0.39, 0.29) is 11.4 Å². The number of para-hydroxylation sites is 1. The largest absolute Gasteiger partial charge is 0.488 e. The maximum atomic E-state index is 11.8. The third kappa shape index (κ3) is 5.53. The maximum Gasteiger partial charge on any atom is 0.342 e. The van der Waals surface area contributed by atoms with Gasteiger partial charge in [0.05, 0.1) is 19.0 Å². The molecule has 0 amide bonds. The van der Waals surface area contributed by atoms with Gasteiger partial charge in [-0.05, 0) is 78.1 Å². The van der Waals surface area contributed by atoms with Gasteiger partial charge in [0.15, 0.2) is 0 Å². The molecule has 3 heterocycles. The van der Waals surface area contributed by atoms with Crippen molar-refractivity contribution in [2.24, 2.45) is 0 Å². The van der Waals surface area contributed by atoms with Crippen molar-refractivity contribution >= 4 is 5.97 Å². The number of nitrogens with zero attached hydrogens (tertiary/aromatic N) is 3. The number of fused-ring (bicyclic) bond motifs is 1. The fraction of sp³-hybridized carbons (Fsp3) is 0.371. The topological polar surface area (TPSA) is 86.1 Å².